The van der Waals surface area contributed by atoms with Crippen molar-refractivity contribution < 1.29 is 4.74 Å². The molecule has 0 aliphatic carbocycles. The van der Waals surface area contributed by atoms with Crippen molar-refractivity contribution in [1.82, 2.24) is 10.3 Å². The lowest BCUT2D eigenvalue weighted by Gasteiger charge is -2.20. The van der Waals surface area contributed by atoms with Crippen LogP contribution in [0.5, 0.6) is 5.75 Å². The van der Waals surface area contributed by atoms with Crippen LogP contribution in [-0.4, -0.2) is 24.2 Å². The Hall–Kier alpha value is -1.09. The molecular weight excluding hydrogens is 224 g/mol. The zero-order valence-electron chi connectivity index (χ0n) is 12.1. The van der Waals surface area contributed by atoms with E-state index in [1.807, 2.05) is 19.1 Å². The molecule has 1 heterocycles. The van der Waals surface area contributed by atoms with Crippen molar-refractivity contribution in [3.05, 3.63) is 24.0 Å². The Morgan fingerprint density at radius 2 is 2.11 bits per heavy atom. The summed E-state index contributed by atoms with van der Waals surface area (Å²) in [6.45, 7) is 10.5. The zero-order chi connectivity index (χ0) is 13.4. The molecule has 0 aliphatic rings. The summed E-state index contributed by atoms with van der Waals surface area (Å²) < 4.78 is 6.04. The van der Waals surface area contributed by atoms with Crippen LogP contribution in [0.2, 0.25) is 0 Å². The monoisotopic (exact) mass is 250 g/mol. The predicted octanol–water partition coefficient (Wildman–Crippen LogP) is 3.18. The van der Waals surface area contributed by atoms with Gasteiger partial charge in [0.05, 0.1) is 5.69 Å². The largest absolute Gasteiger partial charge is 0.487 e. The average Bonchev–Trinajstić information content (AvgIpc) is 2.32. The van der Waals surface area contributed by atoms with Crippen molar-refractivity contribution in [1.29, 1.82) is 0 Å². The van der Waals surface area contributed by atoms with E-state index in [9.17, 15) is 0 Å². The van der Waals surface area contributed by atoms with Gasteiger partial charge in [-0.25, -0.2) is 0 Å². The maximum absolute atomic E-state index is 6.04. The maximum Gasteiger partial charge on any atom is 0.140 e. The molecule has 102 valence electrons. The third-order valence-electron chi connectivity index (χ3n) is 2.79. The van der Waals surface area contributed by atoms with Gasteiger partial charge in [-0.05, 0) is 37.9 Å². The van der Waals surface area contributed by atoms with Crippen LogP contribution in [0.25, 0.3) is 0 Å². The fourth-order valence-electron chi connectivity index (χ4n) is 1.83. The molecule has 1 rings (SSSR count). The standard InChI is InChI=1S/C15H26N2O/c1-5-7-14(11-16-10-12(2)3)18-15-8-6-9-17-13(15)4/h6,8-9,12,14,16H,5,7,10-11H2,1-4H3. The average molecular weight is 250 g/mol. The molecule has 0 saturated heterocycles. The summed E-state index contributed by atoms with van der Waals surface area (Å²) in [6.07, 6.45) is 4.23. The van der Waals surface area contributed by atoms with Crippen LogP contribution in [0.4, 0.5) is 0 Å². The Morgan fingerprint density at radius 1 is 1.33 bits per heavy atom. The topological polar surface area (TPSA) is 34.1 Å². The number of nitrogens with one attached hydrogen (secondary N) is 1. The lowest BCUT2D eigenvalue weighted by molar-refractivity contribution is 0.183. The summed E-state index contributed by atoms with van der Waals surface area (Å²) in [4.78, 5) is 4.26. The predicted molar refractivity (Wildman–Crippen MR) is 76.0 cm³/mol. The molecular formula is C15H26N2O. The summed E-state index contributed by atoms with van der Waals surface area (Å²) in [7, 11) is 0. The second kappa shape index (κ2) is 8.09. The first kappa shape index (κ1) is 15.0. The Labute approximate surface area is 111 Å². The minimum atomic E-state index is 0.233. The fraction of sp³-hybridized carbons (Fsp3) is 0.667. The normalized spacial score (nSPS) is 12.7. The van der Waals surface area contributed by atoms with Gasteiger partial charge >= 0.3 is 0 Å². The highest BCUT2D eigenvalue weighted by molar-refractivity contribution is 5.25. The number of hydrogen-bond donors (Lipinski definition) is 1. The van der Waals surface area contributed by atoms with Crippen LogP contribution in [0.15, 0.2) is 18.3 Å². The third kappa shape index (κ3) is 5.50. The molecule has 0 amide bonds. The molecule has 1 aromatic heterocycles. The number of rotatable bonds is 8. The summed E-state index contributed by atoms with van der Waals surface area (Å²) in [5.41, 5.74) is 0.961. The van der Waals surface area contributed by atoms with Crippen molar-refractivity contribution in [3.8, 4) is 5.75 Å². The molecule has 1 aromatic rings. The van der Waals surface area contributed by atoms with E-state index in [1.165, 1.54) is 0 Å². The molecule has 0 aliphatic heterocycles. The van der Waals surface area contributed by atoms with Crippen LogP contribution in [0.3, 0.4) is 0 Å². The lowest BCUT2D eigenvalue weighted by Crippen LogP contribution is -2.33. The van der Waals surface area contributed by atoms with Gasteiger partial charge in [-0.3, -0.25) is 4.98 Å². The minimum Gasteiger partial charge on any atom is -0.487 e. The summed E-state index contributed by atoms with van der Waals surface area (Å²) in [5.74, 6) is 1.58. The molecule has 0 spiro atoms. The first-order valence-corrected chi connectivity index (χ1v) is 6.92. The van der Waals surface area contributed by atoms with Crippen LogP contribution < -0.4 is 10.1 Å². The van der Waals surface area contributed by atoms with Gasteiger partial charge in [-0.1, -0.05) is 27.2 Å². The maximum atomic E-state index is 6.04. The molecule has 1 unspecified atom stereocenters. The van der Waals surface area contributed by atoms with Crippen LogP contribution in [0.1, 0.15) is 39.3 Å². The fourth-order valence-corrected chi connectivity index (χ4v) is 1.83. The third-order valence-corrected chi connectivity index (χ3v) is 2.79. The molecule has 0 bridgehead atoms. The number of ether oxygens (including phenoxy) is 1. The quantitative estimate of drug-likeness (QED) is 0.769. The molecule has 1 N–H and O–H groups in total. The number of nitrogens with zero attached hydrogens (tertiary/aromatic N) is 1. The Balaban J connectivity index is 2.49. The van der Waals surface area contributed by atoms with Crippen molar-refractivity contribution in [2.24, 2.45) is 5.92 Å². The number of hydrogen-bond acceptors (Lipinski definition) is 3. The molecule has 0 saturated carbocycles. The highest BCUT2D eigenvalue weighted by Crippen LogP contribution is 2.17. The zero-order valence-corrected chi connectivity index (χ0v) is 12.1. The van der Waals surface area contributed by atoms with Crippen LogP contribution >= 0.6 is 0 Å². The van der Waals surface area contributed by atoms with Gasteiger partial charge in [-0.15, -0.1) is 0 Å². The van der Waals surface area contributed by atoms with Gasteiger partial charge < -0.3 is 10.1 Å². The molecule has 18 heavy (non-hydrogen) atoms. The second-order valence-corrected chi connectivity index (χ2v) is 5.17. The number of pyridine rings is 1. The molecule has 0 fully saturated rings. The highest BCUT2D eigenvalue weighted by atomic mass is 16.5. The van der Waals surface area contributed by atoms with Gasteiger partial charge in [0.15, 0.2) is 0 Å². The van der Waals surface area contributed by atoms with Crippen molar-refractivity contribution in [3.63, 3.8) is 0 Å². The summed E-state index contributed by atoms with van der Waals surface area (Å²) >= 11 is 0. The van der Waals surface area contributed by atoms with E-state index < -0.39 is 0 Å². The van der Waals surface area contributed by atoms with Crippen molar-refractivity contribution in [2.75, 3.05) is 13.1 Å². The molecule has 0 radical (unpaired) electrons. The smallest absolute Gasteiger partial charge is 0.140 e. The van der Waals surface area contributed by atoms with E-state index in [1.54, 1.807) is 6.20 Å². The summed E-state index contributed by atoms with van der Waals surface area (Å²) in [5, 5.41) is 3.46. The number of aromatic nitrogens is 1. The first-order valence-electron chi connectivity index (χ1n) is 6.92. The molecule has 3 nitrogen and oxygen atoms in total. The summed E-state index contributed by atoms with van der Waals surface area (Å²) in [6, 6.07) is 3.92. The SMILES string of the molecule is CCCC(CNCC(C)C)Oc1cccnc1C. The van der Waals surface area contributed by atoms with Crippen LogP contribution in [-0.2, 0) is 0 Å². The van der Waals surface area contributed by atoms with Crippen molar-refractivity contribution in [2.45, 2.75) is 46.6 Å². The first-order chi connectivity index (χ1) is 8.63. The minimum absolute atomic E-state index is 0.233. The van der Waals surface area contributed by atoms with E-state index in [-0.39, 0.29) is 6.10 Å². The molecule has 1 atom stereocenters. The second-order valence-electron chi connectivity index (χ2n) is 5.17. The Bertz CT molecular complexity index is 339. The van der Waals surface area contributed by atoms with E-state index in [0.717, 1.165) is 37.4 Å². The van der Waals surface area contributed by atoms with Gasteiger partial charge in [-0.2, -0.15) is 0 Å². The van der Waals surface area contributed by atoms with Gasteiger partial charge in [0.1, 0.15) is 11.9 Å². The lowest BCUT2D eigenvalue weighted by atomic mass is 10.2. The Kier molecular flexibility index (Phi) is 6.73. The van der Waals surface area contributed by atoms with Crippen LogP contribution in [0, 0.1) is 12.8 Å². The van der Waals surface area contributed by atoms with Crippen molar-refractivity contribution >= 4 is 0 Å². The van der Waals surface area contributed by atoms with Gasteiger partial charge in [0.25, 0.3) is 0 Å². The number of aryl methyl sites for hydroxylation is 1. The van der Waals surface area contributed by atoms with E-state index in [0.29, 0.717) is 5.92 Å². The van der Waals surface area contributed by atoms with E-state index in [2.05, 4.69) is 31.1 Å². The van der Waals surface area contributed by atoms with Gasteiger partial charge in [0, 0.05) is 12.7 Å². The molecule has 0 aromatic carbocycles. The molecule has 3 heteroatoms. The van der Waals surface area contributed by atoms with E-state index in [4.69, 9.17) is 4.74 Å². The van der Waals surface area contributed by atoms with Gasteiger partial charge in [0.2, 0.25) is 0 Å². The Morgan fingerprint density at radius 3 is 2.72 bits per heavy atom. The highest BCUT2D eigenvalue weighted by Gasteiger charge is 2.11. The van der Waals surface area contributed by atoms with E-state index >= 15 is 0 Å².